The highest BCUT2D eigenvalue weighted by Crippen LogP contribution is 2.27. The van der Waals surface area contributed by atoms with E-state index < -0.39 is 9.69 Å². The molecule has 1 rings (SSSR count). The van der Waals surface area contributed by atoms with E-state index in [1.165, 1.54) is 6.20 Å². The summed E-state index contributed by atoms with van der Waals surface area (Å²) in [5.41, 5.74) is 6.71. The second-order valence-electron chi connectivity index (χ2n) is 2.76. The van der Waals surface area contributed by atoms with Crippen LogP contribution in [-0.4, -0.2) is 21.4 Å². The third-order valence-corrected chi connectivity index (χ3v) is 2.10. The monoisotopic (exact) mass is 282 g/mol. The largest absolute Gasteiger partial charge is 0.457 e. The van der Waals surface area contributed by atoms with Crippen LogP contribution in [-0.2, 0) is 4.74 Å². The fraction of sp³-hybridized carbons (Fsp3) is 0.250. The van der Waals surface area contributed by atoms with Crippen molar-refractivity contribution in [1.29, 1.82) is 5.41 Å². The van der Waals surface area contributed by atoms with Crippen LogP contribution in [0.5, 0.6) is 0 Å². The Bertz CT molecular complexity index is 380. The van der Waals surface area contributed by atoms with Crippen LogP contribution in [0.1, 0.15) is 0 Å². The lowest BCUT2D eigenvalue weighted by molar-refractivity contribution is 0.324. The quantitative estimate of drug-likeness (QED) is 0.344. The number of hydrogen-bond donors (Lipinski definition) is 3. The highest BCUT2D eigenvalue weighted by atomic mass is 35.6. The first-order chi connectivity index (χ1) is 7.41. The molecule has 16 heavy (non-hydrogen) atoms. The molecule has 0 fully saturated rings. The van der Waals surface area contributed by atoms with Crippen molar-refractivity contribution in [2.75, 3.05) is 17.8 Å². The van der Waals surface area contributed by atoms with Gasteiger partial charge in [-0.2, -0.15) is 0 Å². The number of alkyl halides is 3. The second-order valence-corrected chi connectivity index (χ2v) is 5.04. The van der Waals surface area contributed by atoms with Crippen molar-refractivity contribution in [3.05, 3.63) is 18.5 Å². The van der Waals surface area contributed by atoms with E-state index >= 15 is 0 Å². The molecule has 0 amide bonds. The number of nitrogens with two attached hydrogens (primary N) is 1. The molecule has 1 aromatic heterocycles. The maximum Gasteiger partial charge on any atom is 0.265 e. The Morgan fingerprint density at radius 3 is 2.81 bits per heavy atom. The van der Waals surface area contributed by atoms with Crippen LogP contribution in [0, 0.1) is 5.41 Å². The molecular formula is C8H9Cl3N4O. The van der Waals surface area contributed by atoms with Crippen LogP contribution >= 0.6 is 34.8 Å². The third-order valence-electron chi connectivity index (χ3n) is 1.59. The molecule has 0 unspecified atom stereocenters. The van der Waals surface area contributed by atoms with Gasteiger partial charge in [-0.3, -0.25) is 10.4 Å². The van der Waals surface area contributed by atoms with Crippen molar-refractivity contribution >= 4 is 52.1 Å². The molecule has 5 nitrogen and oxygen atoms in total. The predicted octanol–water partition coefficient (Wildman–Crippen LogP) is 2.40. The SMILES string of the molecule is N=C(OCNc1ccncc1N)C(Cl)(Cl)Cl. The molecule has 1 aromatic rings. The number of ether oxygens (including phenoxy) is 1. The maximum atomic E-state index is 7.26. The summed E-state index contributed by atoms with van der Waals surface area (Å²) in [6, 6.07) is 1.66. The van der Waals surface area contributed by atoms with Crippen LogP contribution in [0.15, 0.2) is 18.5 Å². The van der Waals surface area contributed by atoms with E-state index in [0.29, 0.717) is 11.4 Å². The minimum absolute atomic E-state index is 0.0268. The zero-order chi connectivity index (χ0) is 12.2. The van der Waals surface area contributed by atoms with E-state index in [1.807, 2.05) is 0 Å². The van der Waals surface area contributed by atoms with Gasteiger partial charge >= 0.3 is 0 Å². The molecule has 0 aliphatic carbocycles. The predicted molar refractivity (Wildman–Crippen MR) is 66.2 cm³/mol. The molecule has 0 spiro atoms. The molecule has 0 atom stereocenters. The van der Waals surface area contributed by atoms with Crippen LogP contribution in [0.3, 0.4) is 0 Å². The lowest BCUT2D eigenvalue weighted by Gasteiger charge is -2.15. The van der Waals surface area contributed by atoms with Crippen molar-refractivity contribution in [2.24, 2.45) is 0 Å². The lowest BCUT2D eigenvalue weighted by Crippen LogP contribution is -2.24. The molecule has 0 saturated carbocycles. The van der Waals surface area contributed by atoms with E-state index in [2.05, 4.69) is 10.3 Å². The van der Waals surface area contributed by atoms with Gasteiger partial charge in [0.25, 0.3) is 3.79 Å². The van der Waals surface area contributed by atoms with Crippen molar-refractivity contribution in [1.82, 2.24) is 4.98 Å². The Hall–Kier alpha value is -0.910. The number of nitrogen functional groups attached to an aromatic ring is 1. The number of hydrogen-bond acceptors (Lipinski definition) is 5. The average molecular weight is 284 g/mol. The summed E-state index contributed by atoms with van der Waals surface area (Å²) in [6.07, 6.45) is 3.06. The normalized spacial score (nSPS) is 10.9. The Balaban J connectivity index is 2.43. The zero-order valence-electron chi connectivity index (χ0n) is 8.01. The van der Waals surface area contributed by atoms with E-state index in [1.54, 1.807) is 12.3 Å². The Kier molecular flexibility index (Phi) is 4.46. The Morgan fingerprint density at radius 1 is 1.56 bits per heavy atom. The zero-order valence-corrected chi connectivity index (χ0v) is 10.3. The molecule has 0 bridgehead atoms. The van der Waals surface area contributed by atoms with E-state index in [4.69, 9.17) is 50.7 Å². The topological polar surface area (TPSA) is 84.0 Å². The molecular weight excluding hydrogens is 274 g/mol. The first kappa shape index (κ1) is 13.2. The lowest BCUT2D eigenvalue weighted by atomic mass is 10.3. The summed E-state index contributed by atoms with van der Waals surface area (Å²) in [7, 11) is 0. The minimum atomic E-state index is -1.86. The third kappa shape index (κ3) is 3.92. The smallest absolute Gasteiger partial charge is 0.265 e. The first-order valence-corrected chi connectivity index (χ1v) is 5.26. The van der Waals surface area contributed by atoms with Crippen molar-refractivity contribution in [2.45, 2.75) is 3.79 Å². The summed E-state index contributed by atoms with van der Waals surface area (Å²) in [5, 5.41) is 10.1. The van der Waals surface area contributed by atoms with Crippen LogP contribution in [0.4, 0.5) is 11.4 Å². The standard InChI is InChI=1S/C8H9Cl3N4O/c9-8(10,11)7(13)16-4-15-6-1-2-14-3-5(6)12/h1-3,13H,4,12H2,(H,14,15). The van der Waals surface area contributed by atoms with Crippen molar-refractivity contribution < 1.29 is 4.74 Å². The highest BCUT2D eigenvalue weighted by Gasteiger charge is 2.28. The number of aromatic nitrogens is 1. The van der Waals surface area contributed by atoms with Gasteiger partial charge in [0.1, 0.15) is 0 Å². The molecule has 4 N–H and O–H groups in total. The van der Waals surface area contributed by atoms with E-state index in [0.717, 1.165) is 0 Å². The Morgan fingerprint density at radius 2 is 2.25 bits per heavy atom. The van der Waals surface area contributed by atoms with Gasteiger partial charge in [0.2, 0.25) is 5.90 Å². The van der Waals surface area contributed by atoms with Crippen molar-refractivity contribution in [3.63, 3.8) is 0 Å². The maximum absolute atomic E-state index is 7.26. The fourth-order valence-corrected chi connectivity index (χ4v) is 0.999. The Labute approximate surface area is 107 Å². The molecule has 0 aliphatic rings. The summed E-state index contributed by atoms with van der Waals surface area (Å²) >= 11 is 16.2. The molecule has 88 valence electrons. The summed E-state index contributed by atoms with van der Waals surface area (Å²) in [4.78, 5) is 3.82. The van der Waals surface area contributed by atoms with Crippen LogP contribution < -0.4 is 11.1 Å². The number of rotatable bonds is 3. The minimum Gasteiger partial charge on any atom is -0.457 e. The van der Waals surface area contributed by atoms with Gasteiger partial charge in [0, 0.05) is 6.20 Å². The highest BCUT2D eigenvalue weighted by molar-refractivity contribution is 6.76. The fourth-order valence-electron chi connectivity index (χ4n) is 0.835. The number of halogens is 3. The van der Waals surface area contributed by atoms with Gasteiger partial charge in [0.05, 0.1) is 17.6 Å². The number of nitrogens with zero attached hydrogens (tertiary/aromatic N) is 1. The first-order valence-electron chi connectivity index (χ1n) is 4.13. The van der Waals surface area contributed by atoms with Gasteiger partial charge < -0.3 is 15.8 Å². The molecule has 0 aromatic carbocycles. The van der Waals surface area contributed by atoms with Gasteiger partial charge in [-0.1, -0.05) is 34.8 Å². The molecule has 0 aliphatic heterocycles. The summed E-state index contributed by atoms with van der Waals surface area (Å²) in [5.74, 6) is -0.461. The van der Waals surface area contributed by atoms with Gasteiger partial charge in [-0.15, -0.1) is 0 Å². The molecule has 0 radical (unpaired) electrons. The number of anilines is 2. The van der Waals surface area contributed by atoms with Crippen molar-refractivity contribution in [3.8, 4) is 0 Å². The summed E-state index contributed by atoms with van der Waals surface area (Å²) in [6.45, 7) is -0.0268. The summed E-state index contributed by atoms with van der Waals surface area (Å²) < 4.78 is 3.01. The van der Waals surface area contributed by atoms with E-state index in [-0.39, 0.29) is 6.73 Å². The average Bonchev–Trinajstić information content (AvgIpc) is 2.19. The van der Waals surface area contributed by atoms with Gasteiger partial charge in [-0.25, -0.2) is 0 Å². The second kappa shape index (κ2) is 5.43. The number of nitrogens with one attached hydrogen (secondary N) is 2. The van der Waals surface area contributed by atoms with Crippen LogP contribution in [0.25, 0.3) is 0 Å². The van der Waals surface area contributed by atoms with Gasteiger partial charge in [0.15, 0.2) is 6.73 Å². The van der Waals surface area contributed by atoms with Crippen LogP contribution in [0.2, 0.25) is 0 Å². The molecule has 1 heterocycles. The number of pyridine rings is 1. The van der Waals surface area contributed by atoms with E-state index in [9.17, 15) is 0 Å². The molecule has 0 saturated heterocycles. The molecule has 8 heteroatoms. The van der Waals surface area contributed by atoms with Gasteiger partial charge in [-0.05, 0) is 6.07 Å².